The van der Waals surface area contributed by atoms with Crippen LogP contribution in [0.1, 0.15) is 16.1 Å². The molecule has 1 aromatic heterocycles. The Morgan fingerprint density at radius 2 is 1.86 bits per heavy atom. The molecule has 144 valence electrons. The number of thioether (sulfide) groups is 1. The molecule has 1 amide bonds. The summed E-state index contributed by atoms with van der Waals surface area (Å²) in [7, 11) is 2.04. The van der Waals surface area contributed by atoms with E-state index in [0.29, 0.717) is 23.9 Å². The van der Waals surface area contributed by atoms with Crippen LogP contribution in [0.5, 0.6) is 0 Å². The molecule has 0 aliphatic carbocycles. The van der Waals surface area contributed by atoms with E-state index in [4.69, 9.17) is 0 Å². The van der Waals surface area contributed by atoms with Crippen LogP contribution in [0.2, 0.25) is 0 Å². The zero-order valence-electron chi connectivity index (χ0n) is 15.8. The van der Waals surface area contributed by atoms with Crippen molar-refractivity contribution in [2.45, 2.75) is 11.7 Å². The van der Waals surface area contributed by atoms with Crippen molar-refractivity contribution in [3.05, 3.63) is 71.8 Å². The van der Waals surface area contributed by atoms with E-state index in [0.717, 1.165) is 23.5 Å². The molecule has 0 saturated heterocycles. The van der Waals surface area contributed by atoms with Crippen molar-refractivity contribution in [3.63, 3.8) is 0 Å². The summed E-state index contributed by atoms with van der Waals surface area (Å²) in [6.45, 7) is 1.92. The lowest BCUT2D eigenvalue weighted by Gasteiger charge is -2.22. The molecule has 1 aliphatic rings. The van der Waals surface area contributed by atoms with E-state index in [2.05, 4.69) is 22.0 Å². The Kier molecular flexibility index (Phi) is 5.09. The minimum absolute atomic E-state index is 0.0813. The summed E-state index contributed by atoms with van der Waals surface area (Å²) in [5.41, 5.74) is 3.47. The van der Waals surface area contributed by atoms with Gasteiger partial charge in [0.1, 0.15) is 11.5 Å². The number of hydrogen-bond acceptors (Lipinski definition) is 4. The number of likely N-dealkylation sites (N-methyl/N-ethyl adjacent to an activating group) is 1. The predicted molar refractivity (Wildman–Crippen MR) is 110 cm³/mol. The molecule has 2 aromatic carbocycles. The first-order valence-corrected chi connectivity index (χ1v) is 10.3. The van der Waals surface area contributed by atoms with Gasteiger partial charge in [0.2, 0.25) is 0 Å². The van der Waals surface area contributed by atoms with Gasteiger partial charge in [-0.1, -0.05) is 30.0 Å². The first-order valence-electron chi connectivity index (χ1n) is 9.04. The Hall–Kier alpha value is -2.80. The van der Waals surface area contributed by atoms with Gasteiger partial charge >= 0.3 is 0 Å². The molecule has 28 heavy (non-hydrogen) atoms. The third kappa shape index (κ3) is 3.38. The van der Waals surface area contributed by atoms with Gasteiger partial charge in [-0.2, -0.15) is 0 Å². The largest absolute Gasteiger partial charge is 0.373 e. The maximum atomic E-state index is 13.4. The number of halogens is 1. The molecule has 5 nitrogen and oxygen atoms in total. The molecule has 0 spiro atoms. The summed E-state index contributed by atoms with van der Waals surface area (Å²) in [6.07, 6.45) is 3.52. The Morgan fingerprint density at radius 3 is 2.61 bits per heavy atom. The maximum Gasteiger partial charge on any atom is 0.272 e. The molecule has 4 rings (SSSR count). The molecule has 7 heteroatoms. The Balaban J connectivity index is 1.71. The number of fused-ring (bicyclic) bond motifs is 1. The smallest absolute Gasteiger partial charge is 0.272 e. The lowest BCUT2D eigenvalue weighted by Crippen LogP contribution is -2.35. The van der Waals surface area contributed by atoms with Crippen LogP contribution in [0, 0.1) is 5.82 Å². The van der Waals surface area contributed by atoms with Crippen LogP contribution in [0.3, 0.4) is 0 Å². The summed E-state index contributed by atoms with van der Waals surface area (Å²) >= 11 is 1.45. The number of benzene rings is 2. The number of aromatic nitrogens is 2. The number of imidazole rings is 1. The van der Waals surface area contributed by atoms with Gasteiger partial charge in [-0.25, -0.2) is 9.37 Å². The second kappa shape index (κ2) is 7.67. The van der Waals surface area contributed by atoms with Crippen LogP contribution in [-0.2, 0) is 6.54 Å². The highest BCUT2D eigenvalue weighted by Crippen LogP contribution is 2.27. The fourth-order valence-electron chi connectivity index (χ4n) is 3.50. The first-order chi connectivity index (χ1) is 13.6. The van der Waals surface area contributed by atoms with E-state index in [1.807, 2.05) is 30.3 Å². The summed E-state index contributed by atoms with van der Waals surface area (Å²) in [5.74, 6) is -0.392. The maximum absolute atomic E-state index is 13.4. The molecular formula is C21H21FN4OS. The van der Waals surface area contributed by atoms with Crippen molar-refractivity contribution in [1.82, 2.24) is 14.5 Å². The summed E-state index contributed by atoms with van der Waals surface area (Å²) in [5, 5.41) is 0.697. The lowest BCUT2D eigenvalue weighted by atomic mass is 10.1. The van der Waals surface area contributed by atoms with Gasteiger partial charge in [-0.05, 0) is 42.2 Å². The molecule has 3 aromatic rings. The topological polar surface area (TPSA) is 41.4 Å². The highest BCUT2D eigenvalue weighted by Gasteiger charge is 2.26. The second-order valence-electron chi connectivity index (χ2n) is 6.72. The van der Waals surface area contributed by atoms with E-state index < -0.39 is 0 Å². The number of carbonyl (C=O) groups is 1. The average molecular weight is 396 g/mol. The Labute approximate surface area is 167 Å². The van der Waals surface area contributed by atoms with Crippen LogP contribution in [-0.4, -0.2) is 46.8 Å². The number of rotatable bonds is 3. The van der Waals surface area contributed by atoms with Crippen molar-refractivity contribution >= 4 is 23.4 Å². The van der Waals surface area contributed by atoms with Crippen LogP contribution < -0.4 is 4.90 Å². The van der Waals surface area contributed by atoms with Crippen molar-refractivity contribution in [3.8, 4) is 5.69 Å². The molecule has 0 radical (unpaired) electrons. The fourth-order valence-corrected chi connectivity index (χ4v) is 4.04. The number of anilines is 1. The molecular weight excluding hydrogens is 375 g/mol. The van der Waals surface area contributed by atoms with Gasteiger partial charge in [-0.15, -0.1) is 0 Å². The Bertz CT molecular complexity index is 1000. The quantitative estimate of drug-likeness (QED) is 0.631. The van der Waals surface area contributed by atoms with Crippen molar-refractivity contribution in [2.75, 3.05) is 31.3 Å². The Morgan fingerprint density at radius 1 is 1.11 bits per heavy atom. The van der Waals surface area contributed by atoms with Crippen LogP contribution in [0.25, 0.3) is 5.69 Å². The van der Waals surface area contributed by atoms with Crippen molar-refractivity contribution in [2.24, 2.45) is 0 Å². The van der Waals surface area contributed by atoms with Crippen molar-refractivity contribution in [1.29, 1.82) is 0 Å². The van der Waals surface area contributed by atoms with E-state index >= 15 is 0 Å². The van der Waals surface area contributed by atoms with Crippen LogP contribution in [0.4, 0.5) is 10.1 Å². The molecule has 1 aliphatic heterocycles. The van der Waals surface area contributed by atoms with Gasteiger partial charge in [0.15, 0.2) is 5.16 Å². The van der Waals surface area contributed by atoms with E-state index in [-0.39, 0.29) is 11.7 Å². The standard InChI is InChI=1S/C21H21FN4OS/c1-24-11-12-25(14-15-5-3-4-6-18(15)24)20(27)19-13-23-21(28-2)26(19)17-9-7-16(22)8-10-17/h3-10,13H,11-12,14H2,1-2H3. The molecule has 0 saturated carbocycles. The number of hydrogen-bond donors (Lipinski definition) is 0. The third-order valence-corrected chi connectivity index (χ3v) is 5.63. The molecule has 0 N–H and O–H groups in total. The summed E-state index contributed by atoms with van der Waals surface area (Å²) < 4.78 is 15.2. The van der Waals surface area contributed by atoms with Gasteiger partial charge in [0, 0.05) is 38.1 Å². The lowest BCUT2D eigenvalue weighted by molar-refractivity contribution is 0.0743. The van der Waals surface area contributed by atoms with E-state index in [1.54, 1.807) is 22.9 Å². The first kappa shape index (κ1) is 18.6. The van der Waals surface area contributed by atoms with E-state index in [9.17, 15) is 9.18 Å². The minimum atomic E-state index is -0.311. The molecule has 0 bridgehead atoms. The second-order valence-corrected chi connectivity index (χ2v) is 7.49. The van der Waals surface area contributed by atoms with Gasteiger partial charge in [-0.3, -0.25) is 9.36 Å². The molecule has 0 unspecified atom stereocenters. The number of para-hydroxylation sites is 1. The summed E-state index contributed by atoms with van der Waals surface area (Å²) in [4.78, 5) is 21.9. The van der Waals surface area contributed by atoms with Crippen LogP contribution >= 0.6 is 11.8 Å². The predicted octanol–water partition coefficient (Wildman–Crippen LogP) is 3.83. The fraction of sp³-hybridized carbons (Fsp3) is 0.238. The van der Waals surface area contributed by atoms with Gasteiger partial charge < -0.3 is 9.80 Å². The van der Waals surface area contributed by atoms with E-state index in [1.165, 1.54) is 23.9 Å². The zero-order valence-corrected chi connectivity index (χ0v) is 16.6. The minimum Gasteiger partial charge on any atom is -0.373 e. The monoisotopic (exact) mass is 396 g/mol. The SMILES string of the molecule is CSc1ncc(C(=O)N2CCN(C)c3ccccc3C2)n1-c1ccc(F)cc1. The number of carbonyl (C=O) groups excluding carboxylic acids is 1. The molecule has 0 atom stereocenters. The average Bonchev–Trinajstić information content (AvgIpc) is 3.07. The number of nitrogens with zero attached hydrogens (tertiary/aromatic N) is 4. The highest BCUT2D eigenvalue weighted by molar-refractivity contribution is 7.98. The van der Waals surface area contributed by atoms with Gasteiger partial charge in [0.25, 0.3) is 5.91 Å². The van der Waals surface area contributed by atoms with Gasteiger partial charge in [0.05, 0.1) is 6.20 Å². The highest BCUT2D eigenvalue weighted by atomic mass is 32.2. The normalized spacial score (nSPS) is 14.0. The third-order valence-electron chi connectivity index (χ3n) is 4.97. The number of amides is 1. The van der Waals surface area contributed by atoms with Crippen LogP contribution in [0.15, 0.2) is 59.9 Å². The molecule has 2 heterocycles. The van der Waals surface area contributed by atoms with Crippen molar-refractivity contribution < 1.29 is 9.18 Å². The molecule has 0 fully saturated rings. The summed E-state index contributed by atoms with van der Waals surface area (Å²) in [6, 6.07) is 14.3. The zero-order chi connectivity index (χ0) is 19.7.